The fourth-order valence-electron chi connectivity index (χ4n) is 5.12. The van der Waals surface area contributed by atoms with E-state index in [1.807, 2.05) is 36.5 Å². The Morgan fingerprint density at radius 2 is 1.54 bits per heavy atom. The van der Waals surface area contributed by atoms with Gasteiger partial charge in [0, 0.05) is 29.7 Å². The predicted molar refractivity (Wildman–Crippen MR) is 146 cm³/mol. The van der Waals surface area contributed by atoms with Crippen LogP contribution in [-0.4, -0.2) is 23.1 Å². The number of carbonyl (C=O) groups is 1. The molecule has 3 aromatic rings. The minimum absolute atomic E-state index is 0.147. The van der Waals surface area contributed by atoms with Crippen molar-refractivity contribution in [3.8, 4) is 11.3 Å². The SMILES string of the molecule is CC(C)c1cccc(C(C)C)c1NC(=O)NCC1(Nc2ccccc2-c2ccccn2)CCCC1. The van der Waals surface area contributed by atoms with Gasteiger partial charge in [0.1, 0.15) is 0 Å². The van der Waals surface area contributed by atoms with Crippen molar-refractivity contribution in [2.24, 2.45) is 0 Å². The second-order valence-electron chi connectivity index (χ2n) is 10.3. The van der Waals surface area contributed by atoms with Crippen LogP contribution < -0.4 is 16.0 Å². The number of nitrogens with zero attached hydrogens (tertiary/aromatic N) is 1. The number of urea groups is 1. The maximum Gasteiger partial charge on any atom is 0.319 e. The number of aromatic nitrogens is 1. The lowest BCUT2D eigenvalue weighted by atomic mass is 9.92. The van der Waals surface area contributed by atoms with Crippen molar-refractivity contribution < 1.29 is 4.79 Å². The third-order valence-corrected chi connectivity index (χ3v) is 7.03. The van der Waals surface area contributed by atoms with Gasteiger partial charge in [0.05, 0.1) is 11.2 Å². The molecule has 5 nitrogen and oxygen atoms in total. The lowest BCUT2D eigenvalue weighted by Gasteiger charge is -2.33. The number of carbonyl (C=O) groups excluding carboxylic acids is 1. The normalized spacial score (nSPS) is 14.8. The Balaban J connectivity index is 1.51. The van der Waals surface area contributed by atoms with Gasteiger partial charge in [-0.15, -0.1) is 0 Å². The molecule has 0 bridgehead atoms. The van der Waals surface area contributed by atoms with Crippen LogP contribution in [0.15, 0.2) is 66.9 Å². The quantitative estimate of drug-likeness (QED) is 0.318. The lowest BCUT2D eigenvalue weighted by Crippen LogP contribution is -2.48. The molecule has 1 aliphatic rings. The van der Waals surface area contributed by atoms with Crippen molar-refractivity contribution in [2.45, 2.75) is 70.8 Å². The summed E-state index contributed by atoms with van der Waals surface area (Å²) in [7, 11) is 0. The Kier molecular flexibility index (Phi) is 7.74. The summed E-state index contributed by atoms with van der Waals surface area (Å²) in [6.45, 7) is 9.23. The zero-order valence-corrected chi connectivity index (χ0v) is 21.4. The molecule has 1 aliphatic carbocycles. The first-order valence-electron chi connectivity index (χ1n) is 12.8. The molecular formula is C30H38N4O. The molecule has 1 aromatic heterocycles. The van der Waals surface area contributed by atoms with Gasteiger partial charge in [-0.2, -0.15) is 0 Å². The summed E-state index contributed by atoms with van der Waals surface area (Å²) in [6.07, 6.45) is 6.16. The van der Waals surface area contributed by atoms with Crippen molar-refractivity contribution in [1.82, 2.24) is 10.3 Å². The van der Waals surface area contributed by atoms with Crippen LogP contribution in [0.2, 0.25) is 0 Å². The van der Waals surface area contributed by atoms with Crippen LogP contribution in [0.25, 0.3) is 11.3 Å². The Morgan fingerprint density at radius 3 is 2.17 bits per heavy atom. The van der Waals surface area contributed by atoms with Gasteiger partial charge in [0.15, 0.2) is 0 Å². The Labute approximate surface area is 209 Å². The van der Waals surface area contributed by atoms with Gasteiger partial charge in [0.25, 0.3) is 0 Å². The van der Waals surface area contributed by atoms with Gasteiger partial charge in [-0.3, -0.25) is 4.98 Å². The minimum atomic E-state index is -0.180. The summed E-state index contributed by atoms with van der Waals surface area (Å²) in [5.41, 5.74) is 6.19. The lowest BCUT2D eigenvalue weighted by molar-refractivity contribution is 0.249. The van der Waals surface area contributed by atoms with Gasteiger partial charge < -0.3 is 16.0 Å². The van der Waals surface area contributed by atoms with E-state index in [-0.39, 0.29) is 11.6 Å². The Bertz CT molecular complexity index is 1110. The number of amides is 2. The van der Waals surface area contributed by atoms with Gasteiger partial charge in [-0.05, 0) is 54.0 Å². The molecule has 35 heavy (non-hydrogen) atoms. The van der Waals surface area contributed by atoms with Crippen LogP contribution in [0, 0.1) is 0 Å². The molecule has 1 heterocycles. The molecule has 0 spiro atoms. The van der Waals surface area contributed by atoms with Gasteiger partial charge in [-0.25, -0.2) is 4.79 Å². The highest BCUT2D eigenvalue weighted by molar-refractivity contribution is 5.91. The highest BCUT2D eigenvalue weighted by atomic mass is 16.2. The maximum atomic E-state index is 13.1. The third-order valence-electron chi connectivity index (χ3n) is 7.03. The van der Waals surface area contributed by atoms with E-state index in [4.69, 9.17) is 0 Å². The van der Waals surface area contributed by atoms with Crippen LogP contribution in [-0.2, 0) is 0 Å². The Hall–Kier alpha value is -3.34. The summed E-state index contributed by atoms with van der Waals surface area (Å²) in [4.78, 5) is 17.7. The highest BCUT2D eigenvalue weighted by Gasteiger charge is 2.35. The van der Waals surface area contributed by atoms with Crippen molar-refractivity contribution in [2.75, 3.05) is 17.2 Å². The van der Waals surface area contributed by atoms with Crippen LogP contribution in [0.1, 0.15) is 76.3 Å². The molecular weight excluding hydrogens is 432 g/mol. The predicted octanol–water partition coefficient (Wildman–Crippen LogP) is 7.54. The standard InChI is InChI=1S/C30H38N4O/c1-21(2)23-13-11-14-24(22(3)4)28(23)33-29(35)32-20-30(17-8-9-18-30)34-27-16-6-5-12-25(27)26-15-7-10-19-31-26/h5-7,10-16,19,21-22,34H,8-9,17-18,20H2,1-4H3,(H2,32,33,35). The van der Waals surface area contributed by atoms with Gasteiger partial charge in [-0.1, -0.05) is 83.0 Å². The largest absolute Gasteiger partial charge is 0.377 e. The van der Waals surface area contributed by atoms with E-state index in [1.165, 1.54) is 11.1 Å². The van der Waals surface area contributed by atoms with Gasteiger partial charge >= 0.3 is 6.03 Å². The molecule has 1 saturated carbocycles. The second-order valence-corrected chi connectivity index (χ2v) is 10.3. The van der Waals surface area contributed by atoms with Crippen molar-refractivity contribution in [3.63, 3.8) is 0 Å². The molecule has 0 unspecified atom stereocenters. The average molecular weight is 471 g/mol. The summed E-state index contributed by atoms with van der Waals surface area (Å²) in [5.74, 6) is 0.657. The average Bonchev–Trinajstić information content (AvgIpc) is 3.32. The summed E-state index contributed by atoms with van der Waals surface area (Å²) in [5, 5.41) is 10.2. The molecule has 0 radical (unpaired) electrons. The van der Waals surface area contributed by atoms with Crippen molar-refractivity contribution in [1.29, 1.82) is 0 Å². The van der Waals surface area contributed by atoms with Crippen LogP contribution in [0.3, 0.4) is 0 Å². The van der Waals surface area contributed by atoms with E-state index in [1.54, 1.807) is 0 Å². The topological polar surface area (TPSA) is 66.1 Å². The number of benzene rings is 2. The van der Waals surface area contributed by atoms with Crippen molar-refractivity contribution in [3.05, 3.63) is 78.0 Å². The van der Waals surface area contributed by atoms with Gasteiger partial charge in [0.2, 0.25) is 0 Å². The molecule has 2 aromatic carbocycles. The molecule has 0 atom stereocenters. The van der Waals surface area contributed by atoms with Crippen LogP contribution in [0.4, 0.5) is 16.2 Å². The molecule has 0 saturated heterocycles. The number of hydrogen-bond donors (Lipinski definition) is 3. The fraction of sp³-hybridized carbons (Fsp3) is 0.400. The molecule has 2 amide bonds. The zero-order chi connectivity index (χ0) is 24.8. The number of pyridine rings is 1. The first kappa shape index (κ1) is 24.8. The maximum absolute atomic E-state index is 13.1. The highest BCUT2D eigenvalue weighted by Crippen LogP contribution is 2.36. The molecule has 5 heteroatoms. The molecule has 0 aliphatic heterocycles. The molecule has 184 valence electrons. The second kappa shape index (κ2) is 10.9. The number of rotatable bonds is 8. The van der Waals surface area contributed by atoms with Crippen LogP contribution >= 0.6 is 0 Å². The number of nitrogens with one attached hydrogen (secondary N) is 3. The van der Waals surface area contributed by atoms with E-state index in [9.17, 15) is 4.79 Å². The number of para-hydroxylation sites is 2. The molecule has 1 fully saturated rings. The monoisotopic (exact) mass is 470 g/mol. The first-order chi connectivity index (χ1) is 16.9. The Morgan fingerprint density at radius 1 is 0.886 bits per heavy atom. The smallest absolute Gasteiger partial charge is 0.319 e. The summed E-state index contributed by atoms with van der Waals surface area (Å²) >= 11 is 0. The minimum Gasteiger partial charge on any atom is -0.377 e. The van der Waals surface area contributed by atoms with E-state index < -0.39 is 0 Å². The van der Waals surface area contributed by atoms with Crippen LogP contribution in [0.5, 0.6) is 0 Å². The summed E-state index contributed by atoms with van der Waals surface area (Å²) < 4.78 is 0. The van der Waals surface area contributed by atoms with E-state index in [2.05, 4.69) is 79.0 Å². The number of anilines is 2. The van der Waals surface area contributed by atoms with E-state index in [0.717, 1.165) is 48.3 Å². The first-order valence-corrected chi connectivity index (χ1v) is 12.8. The molecule has 3 N–H and O–H groups in total. The van der Waals surface area contributed by atoms with E-state index >= 15 is 0 Å². The van der Waals surface area contributed by atoms with E-state index in [0.29, 0.717) is 18.4 Å². The third kappa shape index (κ3) is 5.84. The fourth-order valence-corrected chi connectivity index (χ4v) is 5.12. The van der Waals surface area contributed by atoms with Crippen molar-refractivity contribution >= 4 is 17.4 Å². The number of hydrogen-bond acceptors (Lipinski definition) is 3. The molecule has 4 rings (SSSR count). The zero-order valence-electron chi connectivity index (χ0n) is 21.4. The summed E-state index contributed by atoms with van der Waals surface area (Å²) in [6, 6.07) is 20.4.